The number of thiocarbonyl (C=S) groups is 1. The Labute approximate surface area is 204 Å². The van der Waals surface area contributed by atoms with Gasteiger partial charge in [0.05, 0.1) is 10.6 Å². The van der Waals surface area contributed by atoms with E-state index in [1.165, 1.54) is 43.3 Å². The normalized spacial score (nSPS) is 17.6. The van der Waals surface area contributed by atoms with Gasteiger partial charge in [-0.05, 0) is 42.6 Å². The lowest BCUT2D eigenvalue weighted by molar-refractivity contribution is -0.384. The largest absolute Gasteiger partial charge is 0.367 e. The van der Waals surface area contributed by atoms with E-state index in [9.17, 15) is 28.9 Å². The van der Waals surface area contributed by atoms with Gasteiger partial charge in [-0.1, -0.05) is 6.07 Å². The number of rotatable bonds is 4. The molecule has 35 heavy (non-hydrogen) atoms. The Hall–Kier alpha value is -4.19. The minimum Gasteiger partial charge on any atom is -0.367 e. The van der Waals surface area contributed by atoms with Crippen molar-refractivity contribution < 1.29 is 23.7 Å². The van der Waals surface area contributed by atoms with Crippen molar-refractivity contribution in [3.05, 3.63) is 69.5 Å². The second-order valence-corrected chi connectivity index (χ2v) is 8.32. The highest BCUT2D eigenvalue weighted by Crippen LogP contribution is 2.30. The van der Waals surface area contributed by atoms with E-state index in [-0.39, 0.29) is 33.5 Å². The Kier molecular flexibility index (Phi) is 6.56. The number of piperazine rings is 1. The molecule has 2 aliphatic rings. The van der Waals surface area contributed by atoms with Gasteiger partial charge in [0.15, 0.2) is 5.11 Å². The number of benzene rings is 2. The van der Waals surface area contributed by atoms with Gasteiger partial charge in [0.1, 0.15) is 11.4 Å². The zero-order valence-corrected chi connectivity index (χ0v) is 19.4. The molecule has 0 aromatic heterocycles. The van der Waals surface area contributed by atoms with Crippen LogP contribution in [-0.2, 0) is 14.4 Å². The maximum absolute atomic E-state index is 13.8. The summed E-state index contributed by atoms with van der Waals surface area (Å²) < 4.78 is 13.8. The molecule has 0 spiro atoms. The number of carbonyl (C=O) groups is 3. The summed E-state index contributed by atoms with van der Waals surface area (Å²) in [6.45, 7) is 3.34. The van der Waals surface area contributed by atoms with Gasteiger partial charge < -0.3 is 9.80 Å². The number of nitrogens with one attached hydrogen (secondary N) is 1. The Balaban J connectivity index is 1.75. The van der Waals surface area contributed by atoms with E-state index in [4.69, 9.17) is 12.2 Å². The molecule has 2 aromatic rings. The monoisotopic (exact) mass is 497 g/mol. The second-order valence-electron chi connectivity index (χ2n) is 7.93. The fourth-order valence-corrected chi connectivity index (χ4v) is 4.27. The van der Waals surface area contributed by atoms with Gasteiger partial charge in [-0.3, -0.25) is 34.7 Å². The molecule has 10 nitrogen and oxygen atoms in total. The van der Waals surface area contributed by atoms with Crippen molar-refractivity contribution in [1.29, 1.82) is 0 Å². The Morgan fingerprint density at radius 2 is 1.86 bits per heavy atom. The first-order valence-electron chi connectivity index (χ1n) is 10.6. The number of nitro benzene ring substituents is 1. The highest BCUT2D eigenvalue weighted by Gasteiger charge is 2.35. The zero-order valence-electron chi connectivity index (χ0n) is 18.6. The molecule has 2 fully saturated rings. The van der Waals surface area contributed by atoms with Crippen LogP contribution < -0.4 is 15.1 Å². The maximum Gasteiger partial charge on any atom is 0.270 e. The number of nitrogens with zero attached hydrogens (tertiary/aromatic N) is 4. The van der Waals surface area contributed by atoms with Crippen LogP contribution in [-0.4, -0.2) is 58.8 Å². The van der Waals surface area contributed by atoms with Crippen LogP contribution in [0.15, 0.2) is 48.0 Å². The third-order valence-corrected chi connectivity index (χ3v) is 6.04. The number of hydrogen-bond acceptors (Lipinski definition) is 7. The highest BCUT2D eigenvalue weighted by atomic mass is 32.1. The lowest BCUT2D eigenvalue weighted by atomic mass is 10.0. The molecule has 2 saturated heterocycles. The minimum atomic E-state index is -0.789. The van der Waals surface area contributed by atoms with E-state index in [1.54, 1.807) is 11.0 Å². The van der Waals surface area contributed by atoms with E-state index in [1.807, 2.05) is 4.90 Å². The average molecular weight is 498 g/mol. The van der Waals surface area contributed by atoms with Crippen molar-refractivity contribution in [3.63, 3.8) is 0 Å². The van der Waals surface area contributed by atoms with Crippen LogP contribution >= 0.6 is 12.2 Å². The van der Waals surface area contributed by atoms with Gasteiger partial charge >= 0.3 is 0 Å². The number of anilines is 2. The third kappa shape index (κ3) is 4.87. The Bertz CT molecular complexity index is 1290. The van der Waals surface area contributed by atoms with Crippen LogP contribution in [0.1, 0.15) is 12.5 Å². The number of non-ortho nitro benzene ring substituents is 1. The van der Waals surface area contributed by atoms with Crippen LogP contribution in [0.25, 0.3) is 6.08 Å². The first-order valence-corrected chi connectivity index (χ1v) is 11.0. The Morgan fingerprint density at radius 1 is 1.14 bits per heavy atom. The topological polar surface area (TPSA) is 116 Å². The molecule has 2 aromatic carbocycles. The standard InChI is InChI=1S/C23H20FN5O5S/c1-14(30)26-7-9-27(10-8-26)20-6-5-18(29(33)34)11-15(20)12-19-21(31)25-23(35)28(22(19)32)17-4-2-3-16(24)13-17/h2-6,11-13H,7-10H2,1H3,(H,25,31,35)/b19-12-. The van der Waals surface area contributed by atoms with Crippen LogP contribution in [0, 0.1) is 15.9 Å². The van der Waals surface area contributed by atoms with Crippen molar-refractivity contribution in [2.45, 2.75) is 6.92 Å². The molecule has 0 aliphatic carbocycles. The molecule has 0 atom stereocenters. The number of nitro groups is 1. The molecule has 0 unspecified atom stereocenters. The molecular formula is C23H20FN5O5S. The lowest BCUT2D eigenvalue weighted by Gasteiger charge is -2.36. The molecule has 0 bridgehead atoms. The van der Waals surface area contributed by atoms with Gasteiger partial charge in [-0.2, -0.15) is 0 Å². The summed E-state index contributed by atoms with van der Waals surface area (Å²) in [7, 11) is 0. The first-order chi connectivity index (χ1) is 16.7. The van der Waals surface area contributed by atoms with Crippen molar-refractivity contribution in [3.8, 4) is 0 Å². The summed E-state index contributed by atoms with van der Waals surface area (Å²) >= 11 is 5.13. The van der Waals surface area contributed by atoms with Crippen molar-refractivity contribution in [2.75, 3.05) is 36.0 Å². The first kappa shape index (κ1) is 24.0. The number of hydrogen-bond donors (Lipinski definition) is 1. The van der Waals surface area contributed by atoms with Crippen molar-refractivity contribution in [1.82, 2.24) is 10.2 Å². The molecule has 0 saturated carbocycles. The molecule has 4 rings (SSSR count). The number of carbonyl (C=O) groups excluding carboxylic acids is 3. The van der Waals surface area contributed by atoms with E-state index in [0.29, 0.717) is 31.9 Å². The molecule has 3 amide bonds. The number of halogens is 1. The average Bonchev–Trinajstić information content (AvgIpc) is 2.81. The predicted molar refractivity (Wildman–Crippen MR) is 130 cm³/mol. The van der Waals surface area contributed by atoms with E-state index < -0.39 is 22.6 Å². The van der Waals surface area contributed by atoms with Crippen LogP contribution in [0.3, 0.4) is 0 Å². The molecule has 1 N–H and O–H groups in total. The van der Waals surface area contributed by atoms with Crippen molar-refractivity contribution in [2.24, 2.45) is 0 Å². The predicted octanol–water partition coefficient (Wildman–Crippen LogP) is 2.23. The summed E-state index contributed by atoms with van der Waals surface area (Å²) in [4.78, 5) is 53.1. The van der Waals surface area contributed by atoms with Crippen LogP contribution in [0.4, 0.5) is 21.5 Å². The van der Waals surface area contributed by atoms with Crippen LogP contribution in [0.5, 0.6) is 0 Å². The summed E-state index contributed by atoms with van der Waals surface area (Å²) in [5.41, 5.74) is 0.444. The maximum atomic E-state index is 13.8. The highest BCUT2D eigenvalue weighted by molar-refractivity contribution is 7.80. The lowest BCUT2D eigenvalue weighted by Crippen LogP contribution is -2.54. The van der Waals surface area contributed by atoms with E-state index >= 15 is 0 Å². The zero-order chi connectivity index (χ0) is 25.3. The van der Waals surface area contributed by atoms with Crippen LogP contribution in [0.2, 0.25) is 0 Å². The van der Waals surface area contributed by atoms with Gasteiger partial charge in [-0.25, -0.2) is 4.39 Å². The van der Waals surface area contributed by atoms with Gasteiger partial charge in [0.2, 0.25) is 5.91 Å². The van der Waals surface area contributed by atoms with E-state index in [2.05, 4.69) is 5.32 Å². The summed E-state index contributed by atoms with van der Waals surface area (Å²) in [6, 6.07) is 9.35. The molecule has 2 aliphatic heterocycles. The second kappa shape index (κ2) is 9.58. The smallest absolute Gasteiger partial charge is 0.270 e. The molecule has 2 heterocycles. The fourth-order valence-electron chi connectivity index (χ4n) is 3.98. The molecular weight excluding hydrogens is 477 g/mol. The molecule has 12 heteroatoms. The molecule has 180 valence electrons. The van der Waals surface area contributed by atoms with E-state index in [0.717, 1.165) is 11.0 Å². The SMILES string of the molecule is CC(=O)N1CCN(c2ccc([N+](=O)[O-])cc2/C=C2/C(=O)NC(=S)N(c3cccc(F)c3)C2=O)CC1. The van der Waals surface area contributed by atoms with Gasteiger partial charge in [0.25, 0.3) is 17.5 Å². The van der Waals surface area contributed by atoms with Crippen molar-refractivity contribution >= 4 is 58.2 Å². The summed E-state index contributed by atoms with van der Waals surface area (Å²) in [6.07, 6.45) is 1.27. The number of amides is 3. The quantitative estimate of drug-likeness (QED) is 0.226. The summed E-state index contributed by atoms with van der Waals surface area (Å²) in [5.74, 6) is -2.20. The summed E-state index contributed by atoms with van der Waals surface area (Å²) in [5, 5.41) is 13.6. The third-order valence-electron chi connectivity index (χ3n) is 5.76. The molecule has 0 radical (unpaired) electrons. The Morgan fingerprint density at radius 3 is 2.49 bits per heavy atom. The van der Waals surface area contributed by atoms with Gasteiger partial charge in [-0.15, -0.1) is 0 Å². The fraction of sp³-hybridized carbons (Fsp3) is 0.217. The van der Waals surface area contributed by atoms with Gasteiger partial charge in [0, 0.05) is 56.5 Å². The minimum absolute atomic E-state index is 0.0476.